The van der Waals surface area contributed by atoms with Crippen LogP contribution in [0.4, 0.5) is 5.69 Å². The molecule has 1 spiro atoms. The van der Waals surface area contributed by atoms with Crippen LogP contribution in [0.15, 0.2) is 48.1 Å². The molecular formula is C21H33NS. The maximum Gasteiger partial charge on any atom is 0.0372 e. The van der Waals surface area contributed by atoms with Crippen LogP contribution in [0.5, 0.6) is 0 Å². The zero-order chi connectivity index (χ0) is 17.3. The first-order valence-corrected chi connectivity index (χ1v) is 9.72. The molecule has 0 amide bonds. The van der Waals surface area contributed by atoms with Crippen molar-refractivity contribution < 1.29 is 0 Å². The van der Waals surface area contributed by atoms with Crippen LogP contribution in [0.1, 0.15) is 52.0 Å². The highest BCUT2D eigenvalue weighted by atomic mass is 32.1. The van der Waals surface area contributed by atoms with Gasteiger partial charge in [0.1, 0.15) is 0 Å². The number of nitrogens with one attached hydrogen (secondary N) is 1. The van der Waals surface area contributed by atoms with Gasteiger partial charge in [0, 0.05) is 12.2 Å². The summed E-state index contributed by atoms with van der Waals surface area (Å²) in [7, 11) is 0. The van der Waals surface area contributed by atoms with E-state index in [9.17, 15) is 0 Å². The van der Waals surface area contributed by atoms with Crippen LogP contribution in [0.2, 0.25) is 0 Å². The first kappa shape index (κ1) is 19.9. The number of hydrogen-bond acceptors (Lipinski definition) is 2. The Bertz CT molecular complexity index is 532. The van der Waals surface area contributed by atoms with Crippen LogP contribution >= 0.6 is 12.6 Å². The van der Waals surface area contributed by atoms with Crippen LogP contribution < -0.4 is 5.32 Å². The lowest BCUT2D eigenvalue weighted by Crippen LogP contribution is -2.23. The third-order valence-electron chi connectivity index (χ3n) is 4.77. The standard InChI is InChI=1S/C18H23N.C2H6.CH4S/c1-14(2)16-8-10-18(13-16)9-7-15-5-3-4-6-17(15)19-12-11-18;2*1-2/h3-6,13,19H,1,7-12H2,2H3;1-2H3;2H,1H3. The van der Waals surface area contributed by atoms with E-state index in [1.165, 1.54) is 54.5 Å². The summed E-state index contributed by atoms with van der Waals surface area (Å²) in [6, 6.07) is 8.74. The third-order valence-corrected chi connectivity index (χ3v) is 4.77. The molecule has 2 aliphatic rings. The average Bonchev–Trinajstić information content (AvgIpc) is 3.01. The molecule has 1 aliphatic heterocycles. The third kappa shape index (κ3) is 5.17. The lowest BCUT2D eigenvalue weighted by molar-refractivity contribution is 0.323. The Morgan fingerprint density at radius 3 is 2.39 bits per heavy atom. The molecule has 1 nitrogen and oxygen atoms in total. The van der Waals surface area contributed by atoms with Gasteiger partial charge < -0.3 is 5.32 Å². The Hall–Kier alpha value is -1.15. The minimum atomic E-state index is 0.412. The molecular weight excluding hydrogens is 298 g/mol. The van der Waals surface area contributed by atoms with Gasteiger partial charge in [-0.2, -0.15) is 12.6 Å². The molecule has 0 aromatic heterocycles. The number of anilines is 1. The van der Waals surface area contributed by atoms with E-state index in [0.717, 1.165) is 6.54 Å². The monoisotopic (exact) mass is 331 g/mol. The molecule has 1 N–H and O–H groups in total. The van der Waals surface area contributed by atoms with E-state index in [4.69, 9.17) is 0 Å². The second-order valence-electron chi connectivity index (χ2n) is 6.15. The van der Waals surface area contributed by atoms with Crippen molar-refractivity contribution >= 4 is 18.3 Å². The van der Waals surface area contributed by atoms with Crippen LogP contribution in [0, 0.1) is 5.41 Å². The molecule has 2 heteroatoms. The largest absolute Gasteiger partial charge is 0.385 e. The molecule has 1 aliphatic carbocycles. The highest BCUT2D eigenvalue weighted by Crippen LogP contribution is 2.45. The number of aryl methyl sites for hydroxylation is 1. The summed E-state index contributed by atoms with van der Waals surface area (Å²) >= 11 is 3.53. The summed E-state index contributed by atoms with van der Waals surface area (Å²) in [5.74, 6) is 0. The predicted octanol–water partition coefficient (Wildman–Crippen LogP) is 6.29. The lowest BCUT2D eigenvalue weighted by atomic mass is 9.77. The molecule has 1 atom stereocenters. The Balaban J connectivity index is 0.000000615. The minimum absolute atomic E-state index is 0.412. The van der Waals surface area contributed by atoms with Crippen molar-refractivity contribution in [1.82, 2.24) is 0 Å². The van der Waals surface area contributed by atoms with Crippen molar-refractivity contribution in [2.24, 2.45) is 5.41 Å². The summed E-state index contributed by atoms with van der Waals surface area (Å²) in [6.07, 6.45) is 10.5. The van der Waals surface area contributed by atoms with Crippen molar-refractivity contribution in [3.05, 3.63) is 53.6 Å². The van der Waals surface area contributed by atoms with Crippen LogP contribution in [-0.2, 0) is 6.42 Å². The van der Waals surface area contributed by atoms with E-state index < -0.39 is 0 Å². The fraction of sp³-hybridized carbons (Fsp3) is 0.524. The molecule has 1 heterocycles. The van der Waals surface area contributed by atoms with Crippen molar-refractivity contribution in [3.8, 4) is 0 Å². The number of benzene rings is 1. The second-order valence-corrected chi connectivity index (χ2v) is 6.15. The van der Waals surface area contributed by atoms with Gasteiger partial charge in [0.25, 0.3) is 0 Å². The molecule has 0 saturated carbocycles. The summed E-state index contributed by atoms with van der Waals surface area (Å²) in [5, 5.41) is 3.61. The SMILES string of the molecule is C=C(C)C1=CC2(CCNc3ccccc3CC2)CC1.CC.CS. The van der Waals surface area contributed by atoms with Crippen molar-refractivity contribution in [3.63, 3.8) is 0 Å². The maximum absolute atomic E-state index is 4.11. The molecule has 0 saturated heterocycles. The number of thiol groups is 1. The molecule has 1 aromatic carbocycles. The molecule has 128 valence electrons. The fourth-order valence-electron chi connectivity index (χ4n) is 3.49. The maximum atomic E-state index is 4.11. The van der Waals surface area contributed by atoms with Crippen LogP contribution in [0.25, 0.3) is 0 Å². The Kier molecular flexibility index (Phi) is 8.54. The summed E-state index contributed by atoms with van der Waals surface area (Å²) in [6.45, 7) is 11.3. The van der Waals surface area contributed by atoms with E-state index >= 15 is 0 Å². The Morgan fingerprint density at radius 2 is 1.74 bits per heavy atom. The number of allylic oxidation sites excluding steroid dienone is 3. The first-order chi connectivity index (χ1) is 11.2. The van der Waals surface area contributed by atoms with Crippen molar-refractivity contribution in [2.75, 3.05) is 18.1 Å². The van der Waals surface area contributed by atoms with Gasteiger partial charge in [0.15, 0.2) is 0 Å². The van der Waals surface area contributed by atoms with Gasteiger partial charge in [-0.25, -0.2) is 0 Å². The van der Waals surface area contributed by atoms with Gasteiger partial charge >= 0.3 is 0 Å². The quantitative estimate of drug-likeness (QED) is 0.576. The Morgan fingerprint density at radius 1 is 1.09 bits per heavy atom. The van der Waals surface area contributed by atoms with E-state index in [1.54, 1.807) is 6.26 Å². The highest BCUT2D eigenvalue weighted by molar-refractivity contribution is 7.79. The van der Waals surface area contributed by atoms with Crippen molar-refractivity contribution in [1.29, 1.82) is 0 Å². The van der Waals surface area contributed by atoms with Crippen LogP contribution in [0.3, 0.4) is 0 Å². The highest BCUT2D eigenvalue weighted by Gasteiger charge is 2.33. The molecule has 0 radical (unpaired) electrons. The minimum Gasteiger partial charge on any atom is -0.385 e. The molecule has 0 fully saturated rings. The Labute approximate surface area is 148 Å². The van der Waals surface area contributed by atoms with E-state index in [-0.39, 0.29) is 0 Å². The summed E-state index contributed by atoms with van der Waals surface area (Å²) in [4.78, 5) is 0. The number of para-hydroxylation sites is 1. The van der Waals surface area contributed by atoms with E-state index in [2.05, 4.69) is 61.8 Å². The average molecular weight is 332 g/mol. The first-order valence-electron chi connectivity index (χ1n) is 8.83. The van der Waals surface area contributed by atoms with E-state index in [0.29, 0.717) is 5.41 Å². The zero-order valence-corrected chi connectivity index (χ0v) is 16.2. The fourth-order valence-corrected chi connectivity index (χ4v) is 3.49. The van der Waals surface area contributed by atoms with Gasteiger partial charge in [0.2, 0.25) is 0 Å². The number of fused-ring (bicyclic) bond motifs is 1. The zero-order valence-electron chi connectivity index (χ0n) is 15.3. The van der Waals surface area contributed by atoms with Crippen molar-refractivity contribution in [2.45, 2.75) is 52.9 Å². The molecule has 3 rings (SSSR count). The predicted molar refractivity (Wildman–Crippen MR) is 109 cm³/mol. The topological polar surface area (TPSA) is 12.0 Å². The second kappa shape index (κ2) is 9.87. The number of rotatable bonds is 1. The van der Waals surface area contributed by atoms with Gasteiger partial charge in [-0.15, -0.1) is 0 Å². The molecule has 0 bridgehead atoms. The lowest BCUT2D eigenvalue weighted by Gasteiger charge is -2.30. The van der Waals surface area contributed by atoms with Crippen LogP contribution in [-0.4, -0.2) is 12.8 Å². The molecule has 1 unspecified atom stereocenters. The summed E-state index contributed by atoms with van der Waals surface area (Å²) < 4.78 is 0. The smallest absolute Gasteiger partial charge is 0.0372 e. The van der Waals surface area contributed by atoms with Gasteiger partial charge in [-0.3, -0.25) is 0 Å². The molecule has 1 aromatic rings. The number of hydrogen-bond donors (Lipinski definition) is 2. The van der Waals surface area contributed by atoms with Gasteiger partial charge in [-0.1, -0.05) is 50.3 Å². The van der Waals surface area contributed by atoms with Gasteiger partial charge in [0.05, 0.1) is 0 Å². The molecule has 23 heavy (non-hydrogen) atoms. The van der Waals surface area contributed by atoms with E-state index in [1.807, 2.05) is 13.8 Å². The summed E-state index contributed by atoms with van der Waals surface area (Å²) in [5.41, 5.74) is 5.97. The normalized spacial score (nSPS) is 22.0. The van der Waals surface area contributed by atoms with Gasteiger partial charge in [-0.05, 0) is 67.9 Å².